The van der Waals surface area contributed by atoms with Crippen LogP contribution in [0.25, 0.3) is 0 Å². The van der Waals surface area contributed by atoms with Gasteiger partial charge in [0.1, 0.15) is 0 Å². The van der Waals surface area contributed by atoms with Crippen molar-refractivity contribution in [2.75, 3.05) is 53.4 Å². The summed E-state index contributed by atoms with van der Waals surface area (Å²) < 4.78 is 1.86. The maximum atomic E-state index is 5.16. The Hall–Kier alpha value is -1.60. The van der Waals surface area contributed by atoms with Gasteiger partial charge < -0.3 is 15.1 Å². The fourth-order valence-electron chi connectivity index (χ4n) is 4.57. The van der Waals surface area contributed by atoms with Crippen LogP contribution in [0.3, 0.4) is 0 Å². The first kappa shape index (κ1) is 21.1. The molecule has 0 unspecified atom stereocenters. The van der Waals surface area contributed by atoms with Gasteiger partial charge in [0.25, 0.3) is 0 Å². The molecule has 0 saturated carbocycles. The average Bonchev–Trinajstić information content (AvgIpc) is 3.12. The molecule has 3 rings (SSSR count). The minimum Gasteiger partial charge on any atom is -0.357 e. The van der Waals surface area contributed by atoms with Crippen LogP contribution < -0.4 is 5.32 Å². The predicted octanol–water partition coefficient (Wildman–Crippen LogP) is 1.77. The zero-order valence-corrected chi connectivity index (χ0v) is 18.3. The number of hydrogen-bond acceptors (Lipinski definition) is 4. The molecule has 7 nitrogen and oxygen atoms in total. The Labute approximate surface area is 170 Å². The highest BCUT2D eigenvalue weighted by Gasteiger charge is 2.39. The van der Waals surface area contributed by atoms with Crippen molar-refractivity contribution in [1.29, 1.82) is 0 Å². The van der Waals surface area contributed by atoms with Crippen LogP contribution in [0.15, 0.2) is 17.4 Å². The fraction of sp³-hybridized carbons (Fsp3) is 0.810. The molecule has 7 heteroatoms. The van der Waals surface area contributed by atoms with E-state index in [-0.39, 0.29) is 5.54 Å². The third kappa shape index (κ3) is 5.26. The van der Waals surface area contributed by atoms with E-state index in [1.165, 1.54) is 63.8 Å². The lowest BCUT2D eigenvalue weighted by atomic mass is 9.84. The van der Waals surface area contributed by atoms with E-state index in [4.69, 9.17) is 4.99 Å². The number of piperidine rings is 2. The Kier molecular flexibility index (Phi) is 7.35. The summed E-state index contributed by atoms with van der Waals surface area (Å²) in [4.78, 5) is 12.6. The number of likely N-dealkylation sites (tertiary alicyclic amines) is 2. The molecule has 28 heavy (non-hydrogen) atoms. The monoisotopic (exact) mass is 389 g/mol. The van der Waals surface area contributed by atoms with Gasteiger partial charge in [-0.2, -0.15) is 5.10 Å². The van der Waals surface area contributed by atoms with Gasteiger partial charge in [0.05, 0.1) is 12.7 Å². The molecule has 2 aliphatic rings. The number of rotatable bonds is 6. The molecule has 0 radical (unpaired) electrons. The molecule has 2 saturated heterocycles. The van der Waals surface area contributed by atoms with Gasteiger partial charge in [0.2, 0.25) is 0 Å². The smallest absolute Gasteiger partial charge is 0.194 e. The van der Waals surface area contributed by atoms with Crippen molar-refractivity contribution in [2.45, 2.75) is 51.1 Å². The van der Waals surface area contributed by atoms with Crippen LogP contribution in [0.2, 0.25) is 0 Å². The van der Waals surface area contributed by atoms with E-state index < -0.39 is 0 Å². The summed E-state index contributed by atoms with van der Waals surface area (Å²) in [5, 5.41) is 7.79. The number of aliphatic imine (C=N–C) groups is 1. The molecule has 2 fully saturated rings. The summed E-state index contributed by atoms with van der Waals surface area (Å²) in [6.07, 6.45) is 10.5. The van der Waals surface area contributed by atoms with Gasteiger partial charge >= 0.3 is 0 Å². The lowest BCUT2D eigenvalue weighted by Gasteiger charge is -2.49. The van der Waals surface area contributed by atoms with Gasteiger partial charge in [-0.3, -0.25) is 14.6 Å². The number of aryl methyl sites for hydroxylation is 1. The Balaban J connectivity index is 1.73. The fourth-order valence-corrected chi connectivity index (χ4v) is 4.57. The highest BCUT2D eigenvalue weighted by atomic mass is 15.3. The van der Waals surface area contributed by atoms with E-state index >= 15 is 0 Å². The highest BCUT2D eigenvalue weighted by Crippen LogP contribution is 2.31. The van der Waals surface area contributed by atoms with Gasteiger partial charge in [0, 0.05) is 44.5 Å². The van der Waals surface area contributed by atoms with Crippen LogP contribution in [-0.4, -0.2) is 89.3 Å². The van der Waals surface area contributed by atoms with Crippen LogP contribution in [0, 0.1) is 0 Å². The molecule has 1 aromatic rings. The molecular formula is C21H39N7. The maximum Gasteiger partial charge on any atom is 0.194 e. The van der Waals surface area contributed by atoms with Gasteiger partial charge in [-0.25, -0.2) is 0 Å². The van der Waals surface area contributed by atoms with Crippen molar-refractivity contribution in [3.05, 3.63) is 18.0 Å². The first-order chi connectivity index (χ1) is 13.5. The van der Waals surface area contributed by atoms with E-state index in [1.807, 2.05) is 17.9 Å². The maximum absolute atomic E-state index is 5.16. The molecule has 158 valence electrons. The summed E-state index contributed by atoms with van der Waals surface area (Å²) in [5.74, 6) is 1.00. The molecule has 0 aliphatic carbocycles. The molecular weight excluding hydrogens is 350 g/mol. The molecule has 0 bridgehead atoms. The second-order valence-corrected chi connectivity index (χ2v) is 8.62. The van der Waals surface area contributed by atoms with Crippen molar-refractivity contribution in [1.82, 2.24) is 29.8 Å². The van der Waals surface area contributed by atoms with Crippen LogP contribution >= 0.6 is 0 Å². The average molecular weight is 390 g/mol. The minimum absolute atomic E-state index is 0.225. The summed E-state index contributed by atoms with van der Waals surface area (Å²) >= 11 is 0. The number of guanidine groups is 1. The third-order valence-corrected chi connectivity index (χ3v) is 6.34. The second-order valence-electron chi connectivity index (χ2n) is 8.62. The summed E-state index contributed by atoms with van der Waals surface area (Å²) in [6, 6.07) is 0. The van der Waals surface area contributed by atoms with Gasteiger partial charge in [0.15, 0.2) is 5.96 Å². The normalized spacial score (nSPS) is 21.6. The van der Waals surface area contributed by atoms with Crippen molar-refractivity contribution in [2.24, 2.45) is 12.0 Å². The molecule has 0 spiro atoms. The van der Waals surface area contributed by atoms with Crippen molar-refractivity contribution >= 4 is 5.96 Å². The molecule has 0 aromatic carbocycles. The number of nitrogens with one attached hydrogen (secondary N) is 1. The Morgan fingerprint density at radius 1 is 1.18 bits per heavy atom. The van der Waals surface area contributed by atoms with Gasteiger partial charge in [-0.1, -0.05) is 6.42 Å². The van der Waals surface area contributed by atoms with E-state index in [2.05, 4.69) is 52.3 Å². The number of aromatic nitrogens is 2. The van der Waals surface area contributed by atoms with Crippen LogP contribution in [0.5, 0.6) is 0 Å². The van der Waals surface area contributed by atoms with Crippen molar-refractivity contribution in [3.63, 3.8) is 0 Å². The first-order valence-electron chi connectivity index (χ1n) is 10.9. The zero-order valence-electron chi connectivity index (χ0n) is 18.3. The number of nitrogens with zero attached hydrogens (tertiary/aromatic N) is 6. The molecule has 2 aliphatic heterocycles. The highest BCUT2D eigenvalue weighted by molar-refractivity contribution is 5.79. The van der Waals surface area contributed by atoms with Crippen molar-refractivity contribution in [3.8, 4) is 0 Å². The largest absolute Gasteiger partial charge is 0.357 e. The Bertz CT molecular complexity index is 624. The molecule has 1 aromatic heterocycles. The van der Waals surface area contributed by atoms with E-state index in [0.717, 1.165) is 25.6 Å². The van der Waals surface area contributed by atoms with Gasteiger partial charge in [-0.05, 0) is 65.8 Å². The summed E-state index contributed by atoms with van der Waals surface area (Å²) in [5.41, 5.74) is 1.43. The van der Waals surface area contributed by atoms with Crippen LogP contribution in [0.1, 0.15) is 44.6 Å². The molecule has 1 N–H and O–H groups in total. The SMILES string of the molecule is CCNC(=NCC1(N2CCCCC2)CCN(C)CC1)N(C)Cc1cnn(C)c1. The molecule has 3 heterocycles. The predicted molar refractivity (Wildman–Crippen MR) is 116 cm³/mol. The lowest BCUT2D eigenvalue weighted by Crippen LogP contribution is -2.58. The quantitative estimate of drug-likeness (QED) is 0.594. The van der Waals surface area contributed by atoms with E-state index in [9.17, 15) is 0 Å². The van der Waals surface area contributed by atoms with Crippen LogP contribution in [-0.2, 0) is 13.6 Å². The van der Waals surface area contributed by atoms with E-state index in [0.29, 0.717) is 0 Å². The first-order valence-corrected chi connectivity index (χ1v) is 10.9. The Morgan fingerprint density at radius 2 is 1.89 bits per heavy atom. The lowest BCUT2D eigenvalue weighted by molar-refractivity contribution is 0.0206. The topological polar surface area (TPSA) is 51.9 Å². The standard InChI is InChI=1S/C21H39N7/c1-5-22-20(26(3)16-19-15-24-27(4)17-19)23-18-21(9-13-25(2)14-10-21)28-11-7-6-8-12-28/h15,17H,5-14,16,18H2,1-4H3,(H,22,23). The second kappa shape index (κ2) is 9.74. The molecule has 0 amide bonds. The summed E-state index contributed by atoms with van der Waals surface area (Å²) in [7, 11) is 6.33. The Morgan fingerprint density at radius 3 is 2.50 bits per heavy atom. The van der Waals surface area contributed by atoms with E-state index in [1.54, 1.807) is 0 Å². The third-order valence-electron chi connectivity index (χ3n) is 6.34. The van der Waals surface area contributed by atoms with Gasteiger partial charge in [-0.15, -0.1) is 0 Å². The van der Waals surface area contributed by atoms with Crippen molar-refractivity contribution < 1.29 is 0 Å². The minimum atomic E-state index is 0.225. The number of hydrogen-bond donors (Lipinski definition) is 1. The molecule has 0 atom stereocenters. The zero-order chi connectivity index (χ0) is 20.0. The van der Waals surface area contributed by atoms with Crippen LogP contribution in [0.4, 0.5) is 0 Å². The summed E-state index contributed by atoms with van der Waals surface area (Å²) in [6.45, 7) is 9.56.